The lowest BCUT2D eigenvalue weighted by molar-refractivity contribution is -0.260. The predicted octanol–water partition coefficient (Wildman–Crippen LogP) is 2.93. The Kier molecular flexibility index (Phi) is 3.78. The molecular formula is C16H19F3N2O3. The van der Waals surface area contributed by atoms with Crippen LogP contribution in [0, 0.1) is 5.41 Å². The summed E-state index contributed by atoms with van der Waals surface area (Å²) in [5.74, 6) is -1.25. The molecule has 1 spiro atoms. The van der Waals surface area contributed by atoms with E-state index in [1.54, 1.807) is 4.90 Å². The van der Waals surface area contributed by atoms with Gasteiger partial charge in [-0.2, -0.15) is 13.2 Å². The van der Waals surface area contributed by atoms with Gasteiger partial charge in [0.25, 0.3) is 0 Å². The number of alkyl halides is 3. The Balaban J connectivity index is 1.96. The minimum absolute atomic E-state index is 0.0000231. The van der Waals surface area contributed by atoms with Crippen molar-refractivity contribution in [2.24, 2.45) is 5.41 Å². The molecule has 1 saturated carbocycles. The van der Waals surface area contributed by atoms with Crippen LogP contribution in [0.3, 0.4) is 0 Å². The third-order valence-electron chi connectivity index (χ3n) is 5.24. The van der Waals surface area contributed by atoms with Gasteiger partial charge in [0.05, 0.1) is 5.69 Å². The Morgan fingerprint density at radius 1 is 1.21 bits per heavy atom. The van der Waals surface area contributed by atoms with Gasteiger partial charge in [-0.25, -0.2) is 9.78 Å². The minimum Gasteiger partial charge on any atom is -0.478 e. The van der Waals surface area contributed by atoms with E-state index in [0.717, 1.165) is 37.8 Å². The van der Waals surface area contributed by atoms with Crippen LogP contribution in [0.25, 0.3) is 0 Å². The van der Waals surface area contributed by atoms with Gasteiger partial charge in [-0.3, -0.25) is 0 Å². The number of hydrogen-bond donors (Lipinski definition) is 2. The van der Waals surface area contributed by atoms with Crippen LogP contribution in [0.15, 0.2) is 12.1 Å². The number of aliphatic hydroxyl groups is 1. The van der Waals surface area contributed by atoms with Crippen molar-refractivity contribution in [2.45, 2.75) is 44.4 Å². The highest BCUT2D eigenvalue weighted by Crippen LogP contribution is 2.54. The van der Waals surface area contributed by atoms with Crippen molar-refractivity contribution >= 4 is 11.8 Å². The van der Waals surface area contributed by atoms with Gasteiger partial charge in [-0.1, -0.05) is 0 Å². The summed E-state index contributed by atoms with van der Waals surface area (Å²) < 4.78 is 39.1. The second kappa shape index (κ2) is 5.34. The highest BCUT2D eigenvalue weighted by Gasteiger charge is 2.52. The molecule has 1 unspecified atom stereocenters. The molecule has 1 aromatic heterocycles. The van der Waals surface area contributed by atoms with Crippen LogP contribution >= 0.6 is 0 Å². The lowest BCUT2D eigenvalue weighted by atomic mass is 9.93. The van der Waals surface area contributed by atoms with Gasteiger partial charge in [-0.15, -0.1) is 0 Å². The number of halogens is 3. The van der Waals surface area contributed by atoms with Crippen molar-refractivity contribution in [3.05, 3.63) is 23.4 Å². The zero-order valence-corrected chi connectivity index (χ0v) is 13.2. The number of hydrogen-bond acceptors (Lipinski definition) is 4. The van der Waals surface area contributed by atoms with Gasteiger partial charge in [-0.05, 0) is 50.2 Å². The SMILES string of the molecule is CC(O)(c1ccc(C(=O)O)c(N2CCC3(CC2)CC3)n1)C(F)(F)F. The van der Waals surface area contributed by atoms with Crippen molar-refractivity contribution in [1.82, 2.24) is 4.98 Å². The summed E-state index contributed by atoms with van der Waals surface area (Å²) >= 11 is 0. The Labute approximate surface area is 137 Å². The van der Waals surface area contributed by atoms with E-state index in [1.165, 1.54) is 0 Å². The Morgan fingerprint density at radius 3 is 2.25 bits per heavy atom. The number of carboxylic acid groups (broad SMARTS) is 1. The summed E-state index contributed by atoms with van der Waals surface area (Å²) in [6, 6.07) is 2.01. The van der Waals surface area contributed by atoms with Crippen LogP contribution in [-0.4, -0.2) is 40.4 Å². The average Bonchev–Trinajstić information content (AvgIpc) is 3.25. The molecule has 2 aliphatic rings. The van der Waals surface area contributed by atoms with Crippen molar-refractivity contribution in [3.8, 4) is 0 Å². The normalized spacial score (nSPS) is 22.3. The summed E-state index contributed by atoms with van der Waals surface area (Å²) in [4.78, 5) is 17.0. The van der Waals surface area contributed by atoms with Crippen LogP contribution in [0.2, 0.25) is 0 Å². The maximum absolute atomic E-state index is 13.0. The molecule has 1 aliphatic heterocycles. The third kappa shape index (κ3) is 2.83. The molecule has 0 bridgehead atoms. The molecule has 24 heavy (non-hydrogen) atoms. The first-order valence-electron chi connectivity index (χ1n) is 7.85. The number of aromatic carboxylic acids is 1. The molecule has 1 aliphatic carbocycles. The number of pyridine rings is 1. The summed E-state index contributed by atoms with van der Waals surface area (Å²) in [6.07, 6.45) is -0.824. The highest BCUT2D eigenvalue weighted by atomic mass is 19.4. The van der Waals surface area contributed by atoms with Crippen LogP contribution in [0.4, 0.5) is 19.0 Å². The molecule has 0 radical (unpaired) electrons. The molecule has 132 valence electrons. The Morgan fingerprint density at radius 2 is 1.79 bits per heavy atom. The molecule has 1 aromatic rings. The van der Waals surface area contributed by atoms with E-state index in [9.17, 15) is 28.2 Å². The van der Waals surface area contributed by atoms with Gasteiger partial charge in [0, 0.05) is 13.1 Å². The Hall–Kier alpha value is -1.83. The number of piperidine rings is 1. The Bertz CT molecular complexity index is 659. The topological polar surface area (TPSA) is 73.7 Å². The zero-order chi connectivity index (χ0) is 17.8. The molecular weight excluding hydrogens is 325 g/mol. The van der Waals surface area contributed by atoms with E-state index >= 15 is 0 Å². The summed E-state index contributed by atoms with van der Waals surface area (Å²) in [7, 11) is 0. The number of anilines is 1. The van der Waals surface area contributed by atoms with E-state index in [-0.39, 0.29) is 11.4 Å². The first-order chi connectivity index (χ1) is 11.1. The number of carboxylic acids is 1. The average molecular weight is 344 g/mol. The molecule has 5 nitrogen and oxygen atoms in total. The maximum atomic E-state index is 13.0. The van der Waals surface area contributed by atoms with E-state index in [4.69, 9.17) is 0 Å². The molecule has 1 saturated heterocycles. The van der Waals surface area contributed by atoms with Gasteiger partial charge < -0.3 is 15.1 Å². The molecule has 0 aromatic carbocycles. The van der Waals surface area contributed by atoms with Crippen LogP contribution in [0.1, 0.15) is 48.7 Å². The molecule has 1 atom stereocenters. The fraction of sp³-hybridized carbons (Fsp3) is 0.625. The first-order valence-corrected chi connectivity index (χ1v) is 7.85. The monoisotopic (exact) mass is 344 g/mol. The van der Waals surface area contributed by atoms with Crippen molar-refractivity contribution in [1.29, 1.82) is 0 Å². The standard InChI is InChI=1S/C16H19F3N2O3/c1-14(24,16(17,18)19)11-3-2-10(13(22)23)12(20-11)21-8-6-15(4-5-15)7-9-21/h2-3,24H,4-9H2,1H3,(H,22,23). The highest BCUT2D eigenvalue weighted by molar-refractivity contribution is 5.93. The van der Waals surface area contributed by atoms with E-state index in [1.807, 2.05) is 0 Å². The number of carbonyl (C=O) groups is 1. The van der Waals surface area contributed by atoms with Crippen molar-refractivity contribution in [2.75, 3.05) is 18.0 Å². The quantitative estimate of drug-likeness (QED) is 0.882. The lowest BCUT2D eigenvalue weighted by Gasteiger charge is -2.34. The van der Waals surface area contributed by atoms with E-state index in [2.05, 4.69) is 4.98 Å². The first kappa shape index (κ1) is 17.0. The maximum Gasteiger partial charge on any atom is 0.422 e. The third-order valence-corrected chi connectivity index (χ3v) is 5.24. The predicted molar refractivity (Wildman–Crippen MR) is 79.9 cm³/mol. The molecule has 0 amide bonds. The van der Waals surface area contributed by atoms with Crippen LogP contribution in [-0.2, 0) is 5.60 Å². The summed E-state index contributed by atoms with van der Waals surface area (Å²) in [5, 5.41) is 19.1. The number of aromatic nitrogens is 1. The number of nitrogens with zero attached hydrogens (tertiary/aromatic N) is 2. The van der Waals surface area contributed by atoms with Gasteiger partial charge in [0.1, 0.15) is 11.4 Å². The lowest BCUT2D eigenvalue weighted by Crippen LogP contribution is -2.41. The molecule has 2 fully saturated rings. The molecule has 3 rings (SSSR count). The van der Waals surface area contributed by atoms with Gasteiger partial charge in [0.2, 0.25) is 0 Å². The largest absolute Gasteiger partial charge is 0.478 e. The van der Waals surface area contributed by atoms with Crippen LogP contribution < -0.4 is 4.90 Å². The van der Waals surface area contributed by atoms with Crippen LogP contribution in [0.5, 0.6) is 0 Å². The minimum atomic E-state index is -4.90. The van der Waals surface area contributed by atoms with Crippen molar-refractivity contribution < 1.29 is 28.2 Å². The summed E-state index contributed by atoms with van der Waals surface area (Å²) in [6.45, 7) is 1.74. The van der Waals surface area contributed by atoms with Gasteiger partial charge in [0.15, 0.2) is 5.60 Å². The second-order valence-electron chi connectivity index (χ2n) is 6.93. The molecule has 2 heterocycles. The number of rotatable bonds is 3. The fourth-order valence-electron chi connectivity index (χ4n) is 3.14. The molecule has 2 N–H and O–H groups in total. The second-order valence-corrected chi connectivity index (χ2v) is 6.93. The fourth-order valence-corrected chi connectivity index (χ4v) is 3.14. The summed E-state index contributed by atoms with van der Waals surface area (Å²) in [5.41, 5.74) is -3.54. The van der Waals surface area contributed by atoms with E-state index in [0.29, 0.717) is 25.4 Å². The van der Waals surface area contributed by atoms with Gasteiger partial charge >= 0.3 is 12.1 Å². The van der Waals surface area contributed by atoms with Crippen molar-refractivity contribution in [3.63, 3.8) is 0 Å². The van der Waals surface area contributed by atoms with E-state index < -0.39 is 23.4 Å². The smallest absolute Gasteiger partial charge is 0.422 e. The molecule has 8 heteroatoms. The zero-order valence-electron chi connectivity index (χ0n) is 13.2.